The van der Waals surface area contributed by atoms with Crippen LogP contribution in [0.4, 0.5) is 10.1 Å². The van der Waals surface area contributed by atoms with Crippen LogP contribution in [-0.2, 0) is 26.8 Å². The Bertz CT molecular complexity index is 1490. The van der Waals surface area contributed by atoms with Crippen LogP contribution in [0.1, 0.15) is 33.2 Å². The van der Waals surface area contributed by atoms with E-state index >= 15 is 0 Å². The van der Waals surface area contributed by atoms with E-state index in [1.807, 2.05) is 0 Å². The molecule has 0 spiro atoms. The van der Waals surface area contributed by atoms with Gasteiger partial charge in [0.1, 0.15) is 18.1 Å². The maximum atomic E-state index is 13.6. The molecule has 1 unspecified atom stereocenters. The summed E-state index contributed by atoms with van der Waals surface area (Å²) in [4.78, 5) is 36.6. The number of carbonyl (C=O) groups is 2. The van der Waals surface area contributed by atoms with E-state index in [1.165, 1.54) is 29.5 Å². The van der Waals surface area contributed by atoms with E-state index in [-0.39, 0.29) is 23.8 Å². The molecule has 1 atom stereocenters. The molecule has 196 valence electrons. The Kier molecular flexibility index (Phi) is 8.27. The number of hydrogen-bond donors (Lipinski definition) is 1. The van der Waals surface area contributed by atoms with Gasteiger partial charge in [-0.1, -0.05) is 30.3 Å². The number of nitrogens with one attached hydrogen (secondary N) is 1. The first kappa shape index (κ1) is 26.7. The molecule has 0 radical (unpaired) electrons. The van der Waals surface area contributed by atoms with Gasteiger partial charge in [0, 0.05) is 36.4 Å². The standard InChI is InChI=1S/C27H25FN4O5S/c1-38(35,36)17-20-7-9-23(10-8-20)32(27(34)24-16-37-18-31-24)25(21-5-3-12-29-15-21)26(33)30-13-11-19-4-2-6-22(28)14-19/h2-10,12,14-16,18,25H,11,13,17H2,1H3,(H,30,33). The van der Waals surface area contributed by atoms with E-state index in [2.05, 4.69) is 15.3 Å². The second-order valence-electron chi connectivity index (χ2n) is 8.65. The van der Waals surface area contributed by atoms with Crippen LogP contribution in [0, 0.1) is 5.82 Å². The molecule has 2 heterocycles. The zero-order chi connectivity index (χ0) is 27.1. The molecular weight excluding hydrogens is 511 g/mol. The zero-order valence-electron chi connectivity index (χ0n) is 20.5. The minimum atomic E-state index is -3.27. The van der Waals surface area contributed by atoms with Crippen LogP contribution in [-0.4, -0.2) is 43.0 Å². The lowest BCUT2D eigenvalue weighted by atomic mass is 10.0. The molecule has 9 nitrogen and oxygen atoms in total. The number of pyridine rings is 1. The summed E-state index contributed by atoms with van der Waals surface area (Å²) in [7, 11) is -3.27. The second-order valence-corrected chi connectivity index (χ2v) is 10.8. The van der Waals surface area contributed by atoms with Crippen LogP contribution < -0.4 is 10.2 Å². The lowest BCUT2D eigenvalue weighted by Crippen LogP contribution is -2.44. The Hall–Kier alpha value is -4.38. The summed E-state index contributed by atoms with van der Waals surface area (Å²) in [5.74, 6) is -1.64. The number of amides is 2. The minimum absolute atomic E-state index is 0.0216. The third-order valence-corrected chi connectivity index (χ3v) is 6.48. The first-order valence-electron chi connectivity index (χ1n) is 11.6. The average Bonchev–Trinajstić information content (AvgIpc) is 3.42. The highest BCUT2D eigenvalue weighted by atomic mass is 32.2. The van der Waals surface area contributed by atoms with Gasteiger partial charge in [0.2, 0.25) is 5.91 Å². The van der Waals surface area contributed by atoms with Crippen LogP contribution >= 0.6 is 0 Å². The molecule has 0 aliphatic rings. The van der Waals surface area contributed by atoms with Crippen molar-refractivity contribution in [2.45, 2.75) is 18.2 Å². The molecule has 0 bridgehead atoms. The van der Waals surface area contributed by atoms with Gasteiger partial charge in [-0.15, -0.1) is 0 Å². The number of sulfone groups is 1. The van der Waals surface area contributed by atoms with E-state index < -0.39 is 27.7 Å². The number of carbonyl (C=O) groups excluding carboxylic acids is 2. The van der Waals surface area contributed by atoms with Gasteiger partial charge in [0.15, 0.2) is 21.9 Å². The van der Waals surface area contributed by atoms with Crippen molar-refractivity contribution in [3.05, 3.63) is 114 Å². The molecule has 2 aromatic carbocycles. The predicted molar refractivity (Wildman–Crippen MR) is 138 cm³/mol. The Morgan fingerprint density at radius 1 is 1.08 bits per heavy atom. The van der Waals surface area contributed by atoms with Crippen LogP contribution in [0.15, 0.2) is 90.1 Å². The number of anilines is 1. The van der Waals surface area contributed by atoms with Crippen LogP contribution in [0.2, 0.25) is 0 Å². The smallest absolute Gasteiger partial charge is 0.281 e. The first-order chi connectivity index (χ1) is 18.2. The summed E-state index contributed by atoms with van der Waals surface area (Å²) in [5, 5.41) is 2.84. The van der Waals surface area contributed by atoms with Crippen molar-refractivity contribution in [1.82, 2.24) is 15.3 Å². The second kappa shape index (κ2) is 11.8. The van der Waals surface area contributed by atoms with Crippen molar-refractivity contribution in [3.63, 3.8) is 0 Å². The minimum Gasteiger partial charge on any atom is -0.451 e. The van der Waals surface area contributed by atoms with Crippen LogP contribution in [0.25, 0.3) is 0 Å². The molecule has 0 saturated heterocycles. The van der Waals surface area contributed by atoms with Crippen LogP contribution in [0.5, 0.6) is 0 Å². The third-order valence-electron chi connectivity index (χ3n) is 5.62. The number of rotatable bonds is 10. The van der Waals surface area contributed by atoms with Gasteiger partial charge in [-0.05, 0) is 47.9 Å². The van der Waals surface area contributed by atoms with E-state index in [0.29, 0.717) is 28.8 Å². The highest BCUT2D eigenvalue weighted by Crippen LogP contribution is 2.30. The predicted octanol–water partition coefficient (Wildman–Crippen LogP) is 3.50. The number of nitrogens with zero attached hydrogens (tertiary/aromatic N) is 3. The van der Waals surface area contributed by atoms with E-state index in [9.17, 15) is 22.4 Å². The molecule has 2 aromatic heterocycles. The van der Waals surface area contributed by atoms with Crippen LogP contribution in [0.3, 0.4) is 0 Å². The first-order valence-corrected chi connectivity index (χ1v) is 13.7. The van der Waals surface area contributed by atoms with E-state index in [0.717, 1.165) is 12.6 Å². The van der Waals surface area contributed by atoms with Crippen molar-refractivity contribution in [3.8, 4) is 0 Å². The molecule has 0 fully saturated rings. The number of hydrogen-bond acceptors (Lipinski definition) is 7. The number of halogens is 1. The molecule has 0 saturated carbocycles. The largest absolute Gasteiger partial charge is 0.451 e. The maximum Gasteiger partial charge on any atom is 0.281 e. The lowest BCUT2D eigenvalue weighted by molar-refractivity contribution is -0.122. The topological polar surface area (TPSA) is 122 Å². The molecule has 0 aliphatic carbocycles. The summed E-state index contributed by atoms with van der Waals surface area (Å²) in [6.07, 6.45) is 6.83. The molecule has 38 heavy (non-hydrogen) atoms. The Balaban J connectivity index is 1.68. The Morgan fingerprint density at radius 2 is 1.87 bits per heavy atom. The molecule has 2 amide bonds. The molecule has 11 heteroatoms. The maximum absolute atomic E-state index is 13.6. The monoisotopic (exact) mass is 536 g/mol. The molecule has 0 aliphatic heterocycles. The fourth-order valence-corrected chi connectivity index (χ4v) is 4.75. The molecule has 4 aromatic rings. The van der Waals surface area contributed by atoms with Crippen molar-refractivity contribution in [1.29, 1.82) is 0 Å². The lowest BCUT2D eigenvalue weighted by Gasteiger charge is -2.31. The Labute approximate surface area is 219 Å². The third kappa shape index (κ3) is 6.88. The highest BCUT2D eigenvalue weighted by molar-refractivity contribution is 7.89. The van der Waals surface area contributed by atoms with Gasteiger partial charge in [0.25, 0.3) is 5.91 Å². The summed E-state index contributed by atoms with van der Waals surface area (Å²) < 4.78 is 42.0. The van der Waals surface area contributed by atoms with Crippen molar-refractivity contribution in [2.75, 3.05) is 17.7 Å². The normalized spacial score (nSPS) is 12.1. The van der Waals surface area contributed by atoms with Crippen molar-refractivity contribution >= 4 is 27.3 Å². The van der Waals surface area contributed by atoms with Crippen molar-refractivity contribution in [2.24, 2.45) is 0 Å². The van der Waals surface area contributed by atoms with Gasteiger partial charge in [0.05, 0.1) is 5.75 Å². The van der Waals surface area contributed by atoms with Gasteiger partial charge in [-0.3, -0.25) is 19.5 Å². The molecule has 4 rings (SSSR count). The average molecular weight is 537 g/mol. The molecule has 1 N–H and O–H groups in total. The van der Waals surface area contributed by atoms with Gasteiger partial charge < -0.3 is 9.73 Å². The summed E-state index contributed by atoms with van der Waals surface area (Å²) >= 11 is 0. The fourth-order valence-electron chi connectivity index (χ4n) is 3.96. The number of oxazole rings is 1. The van der Waals surface area contributed by atoms with Crippen molar-refractivity contribution < 1.29 is 26.8 Å². The Morgan fingerprint density at radius 3 is 2.50 bits per heavy atom. The quantitative estimate of drug-likeness (QED) is 0.329. The zero-order valence-corrected chi connectivity index (χ0v) is 21.3. The van der Waals surface area contributed by atoms with Gasteiger partial charge in [-0.2, -0.15) is 0 Å². The summed E-state index contributed by atoms with van der Waals surface area (Å²) in [6.45, 7) is 0.193. The van der Waals surface area contributed by atoms with Gasteiger partial charge >= 0.3 is 0 Å². The van der Waals surface area contributed by atoms with Gasteiger partial charge in [-0.25, -0.2) is 17.8 Å². The summed E-state index contributed by atoms with van der Waals surface area (Å²) in [6, 6.07) is 14.6. The number of aromatic nitrogens is 2. The summed E-state index contributed by atoms with van der Waals surface area (Å²) in [5.41, 5.74) is 1.99. The highest BCUT2D eigenvalue weighted by Gasteiger charge is 2.34. The van der Waals surface area contributed by atoms with E-state index in [4.69, 9.17) is 4.42 Å². The fraction of sp³-hybridized carbons (Fsp3) is 0.185. The SMILES string of the molecule is CS(=O)(=O)Cc1ccc(N(C(=O)c2cocn2)C(C(=O)NCCc2cccc(F)c2)c2cccnc2)cc1. The molecular formula is C27H25FN4O5S. The van der Waals surface area contributed by atoms with E-state index in [1.54, 1.807) is 54.7 Å². The number of benzene rings is 2.